The van der Waals surface area contributed by atoms with Crippen LogP contribution in [0, 0.1) is 0 Å². The topological polar surface area (TPSA) is 76.1 Å². The first-order chi connectivity index (χ1) is 15.5. The van der Waals surface area contributed by atoms with E-state index in [1.165, 1.54) is 19.1 Å². The Labute approximate surface area is 190 Å². The average molecular weight is 450 g/mol. The molecule has 0 aromatic heterocycles. The van der Waals surface area contributed by atoms with E-state index in [0.29, 0.717) is 27.8 Å². The molecule has 1 heterocycles. The molecule has 1 aliphatic heterocycles. The van der Waals surface area contributed by atoms with E-state index in [0.717, 1.165) is 0 Å². The molecule has 1 fully saturated rings. The lowest BCUT2D eigenvalue weighted by atomic mass is 9.94. The van der Waals surface area contributed by atoms with E-state index in [4.69, 9.17) is 21.1 Å². The van der Waals surface area contributed by atoms with Crippen LogP contribution in [0.1, 0.15) is 17.2 Å². The van der Waals surface area contributed by atoms with Gasteiger partial charge in [0.15, 0.2) is 0 Å². The smallest absolute Gasteiger partial charge is 0.300 e. The molecular weight excluding hydrogens is 430 g/mol. The van der Waals surface area contributed by atoms with Gasteiger partial charge in [-0.2, -0.15) is 0 Å². The van der Waals surface area contributed by atoms with E-state index in [1.807, 2.05) is 6.07 Å². The van der Waals surface area contributed by atoms with Crippen molar-refractivity contribution in [2.24, 2.45) is 0 Å². The van der Waals surface area contributed by atoms with E-state index in [9.17, 15) is 14.7 Å². The largest absolute Gasteiger partial charge is 0.506 e. The minimum atomic E-state index is -0.871. The quantitative estimate of drug-likeness (QED) is 0.337. The van der Waals surface area contributed by atoms with E-state index < -0.39 is 17.7 Å². The van der Waals surface area contributed by atoms with E-state index in [-0.39, 0.29) is 16.9 Å². The van der Waals surface area contributed by atoms with Crippen molar-refractivity contribution in [3.8, 4) is 11.5 Å². The number of Topliss-reactive ketones (excluding diaryl/α,β-unsaturated/α-hetero) is 1. The second kappa shape index (κ2) is 8.77. The van der Waals surface area contributed by atoms with Gasteiger partial charge in [-0.25, -0.2) is 0 Å². The Hall–Kier alpha value is -3.77. The van der Waals surface area contributed by atoms with Crippen molar-refractivity contribution < 1.29 is 24.2 Å². The fourth-order valence-electron chi connectivity index (χ4n) is 3.89. The number of carbonyl (C=O) groups excluding carboxylic acids is 2. The van der Waals surface area contributed by atoms with Gasteiger partial charge >= 0.3 is 0 Å². The van der Waals surface area contributed by atoms with Crippen molar-refractivity contribution in [2.75, 3.05) is 19.1 Å². The summed E-state index contributed by atoms with van der Waals surface area (Å²) in [6.45, 7) is 0. The molecule has 1 N–H and O–H groups in total. The summed E-state index contributed by atoms with van der Waals surface area (Å²) in [5.41, 5.74) is 1.23. The molecule has 7 heteroatoms. The summed E-state index contributed by atoms with van der Waals surface area (Å²) in [6, 6.07) is 19.8. The van der Waals surface area contributed by atoms with Gasteiger partial charge in [-0.05, 0) is 35.9 Å². The van der Waals surface area contributed by atoms with Crippen LogP contribution in [0.4, 0.5) is 5.69 Å². The van der Waals surface area contributed by atoms with E-state index in [1.54, 1.807) is 66.7 Å². The first-order valence-electron chi connectivity index (χ1n) is 9.80. The number of benzene rings is 3. The lowest BCUT2D eigenvalue weighted by Gasteiger charge is -2.25. The fourth-order valence-corrected chi connectivity index (χ4v) is 4.08. The Kier molecular flexibility index (Phi) is 5.88. The molecule has 1 saturated heterocycles. The highest BCUT2D eigenvalue weighted by atomic mass is 35.5. The van der Waals surface area contributed by atoms with Crippen LogP contribution in [0.5, 0.6) is 11.5 Å². The van der Waals surface area contributed by atoms with Crippen molar-refractivity contribution in [2.45, 2.75) is 6.04 Å². The van der Waals surface area contributed by atoms with E-state index in [2.05, 4.69) is 0 Å². The molecule has 1 aliphatic rings. The van der Waals surface area contributed by atoms with Gasteiger partial charge in [-0.3, -0.25) is 14.5 Å². The number of hydrogen-bond donors (Lipinski definition) is 1. The highest BCUT2D eigenvalue weighted by molar-refractivity contribution is 6.52. The number of amides is 1. The molecule has 0 radical (unpaired) electrons. The molecule has 162 valence electrons. The summed E-state index contributed by atoms with van der Waals surface area (Å²) in [6.07, 6.45) is 0. The maximum Gasteiger partial charge on any atom is 0.300 e. The van der Waals surface area contributed by atoms with Crippen LogP contribution in [0.15, 0.2) is 78.4 Å². The van der Waals surface area contributed by atoms with Gasteiger partial charge in [0.05, 0.1) is 25.8 Å². The van der Waals surface area contributed by atoms with Crippen molar-refractivity contribution in [3.63, 3.8) is 0 Å². The molecule has 0 saturated carbocycles. The van der Waals surface area contributed by atoms with Crippen LogP contribution in [-0.4, -0.2) is 31.0 Å². The van der Waals surface area contributed by atoms with Gasteiger partial charge in [0.25, 0.3) is 11.7 Å². The van der Waals surface area contributed by atoms with Crippen molar-refractivity contribution in [3.05, 3.63) is 94.5 Å². The summed E-state index contributed by atoms with van der Waals surface area (Å²) in [5, 5.41) is 11.8. The first-order valence-corrected chi connectivity index (χ1v) is 10.2. The van der Waals surface area contributed by atoms with Crippen LogP contribution in [0.2, 0.25) is 5.02 Å². The van der Waals surface area contributed by atoms with Gasteiger partial charge in [-0.1, -0.05) is 54.1 Å². The van der Waals surface area contributed by atoms with Gasteiger partial charge in [0.1, 0.15) is 22.8 Å². The molecule has 32 heavy (non-hydrogen) atoms. The minimum Gasteiger partial charge on any atom is -0.506 e. The van der Waals surface area contributed by atoms with E-state index >= 15 is 0 Å². The normalized spacial score (nSPS) is 17.5. The number of anilines is 1. The Bertz CT molecular complexity index is 1200. The predicted octanol–water partition coefficient (Wildman–Crippen LogP) is 4.98. The monoisotopic (exact) mass is 449 g/mol. The third-order valence-corrected chi connectivity index (χ3v) is 5.55. The highest BCUT2D eigenvalue weighted by Gasteiger charge is 2.47. The van der Waals surface area contributed by atoms with Crippen molar-refractivity contribution in [1.82, 2.24) is 0 Å². The maximum atomic E-state index is 13.2. The summed E-state index contributed by atoms with van der Waals surface area (Å²) >= 11 is 6.16. The number of hydrogen-bond acceptors (Lipinski definition) is 5. The number of aliphatic hydroxyl groups is 1. The number of nitrogens with zero attached hydrogens (tertiary/aromatic N) is 1. The molecule has 1 unspecified atom stereocenters. The zero-order valence-corrected chi connectivity index (χ0v) is 18.2. The zero-order chi connectivity index (χ0) is 22.8. The number of ketones is 1. The van der Waals surface area contributed by atoms with Gasteiger partial charge in [0, 0.05) is 10.7 Å². The minimum absolute atomic E-state index is 0.0658. The Morgan fingerprint density at radius 3 is 2.12 bits per heavy atom. The summed E-state index contributed by atoms with van der Waals surface area (Å²) in [4.78, 5) is 27.8. The molecule has 3 aromatic rings. The van der Waals surface area contributed by atoms with Crippen LogP contribution < -0.4 is 14.4 Å². The molecule has 1 amide bonds. The third-order valence-electron chi connectivity index (χ3n) is 5.31. The predicted molar refractivity (Wildman–Crippen MR) is 122 cm³/mol. The molecular formula is C25H20ClNO5. The fraction of sp³-hybridized carbons (Fsp3) is 0.120. The number of ether oxygens (including phenoxy) is 2. The van der Waals surface area contributed by atoms with Crippen molar-refractivity contribution >= 4 is 34.7 Å². The third kappa shape index (κ3) is 3.59. The Morgan fingerprint density at radius 2 is 1.53 bits per heavy atom. The molecule has 0 spiro atoms. The number of carbonyl (C=O) groups is 2. The van der Waals surface area contributed by atoms with Gasteiger partial charge < -0.3 is 14.6 Å². The lowest BCUT2D eigenvalue weighted by Crippen LogP contribution is -2.29. The Morgan fingerprint density at radius 1 is 0.906 bits per heavy atom. The first kappa shape index (κ1) is 21.5. The average Bonchev–Trinajstić information content (AvgIpc) is 3.09. The molecule has 4 rings (SSSR count). The van der Waals surface area contributed by atoms with Crippen LogP contribution in [-0.2, 0) is 9.59 Å². The van der Waals surface area contributed by atoms with Crippen LogP contribution in [0.3, 0.4) is 0 Å². The second-order valence-electron chi connectivity index (χ2n) is 7.10. The van der Waals surface area contributed by atoms with Crippen molar-refractivity contribution in [1.29, 1.82) is 0 Å². The highest BCUT2D eigenvalue weighted by Crippen LogP contribution is 2.45. The summed E-state index contributed by atoms with van der Waals surface area (Å²) < 4.78 is 10.8. The number of rotatable bonds is 5. The maximum absolute atomic E-state index is 13.2. The molecule has 1 atom stereocenters. The molecule has 0 bridgehead atoms. The molecule has 3 aromatic carbocycles. The number of halogens is 1. The standard InChI is InChI=1S/C25H20ClNO5/c1-31-18-12-7-13-19(32-2)20(18)23(28)21-22(15-8-4-3-5-9-15)27(25(30)24(21)29)17-11-6-10-16(26)14-17/h3-14,22,28H,1-2H3/b23-21+. The summed E-state index contributed by atoms with van der Waals surface area (Å²) in [5.74, 6) is -1.35. The lowest BCUT2D eigenvalue weighted by molar-refractivity contribution is -0.132. The van der Waals surface area contributed by atoms with Gasteiger partial charge in [0.2, 0.25) is 0 Å². The zero-order valence-electron chi connectivity index (χ0n) is 17.4. The summed E-state index contributed by atoms with van der Waals surface area (Å²) in [7, 11) is 2.90. The van der Waals surface area contributed by atoms with Crippen LogP contribution >= 0.6 is 11.6 Å². The number of methoxy groups -OCH3 is 2. The SMILES string of the molecule is COc1cccc(OC)c1/C(O)=C1\C(=O)C(=O)N(c2cccc(Cl)c2)C1c1ccccc1. The second-order valence-corrected chi connectivity index (χ2v) is 7.53. The molecule has 6 nitrogen and oxygen atoms in total. The Balaban J connectivity index is 2.01. The number of aliphatic hydroxyl groups excluding tert-OH is 1. The van der Waals surface area contributed by atoms with Gasteiger partial charge in [-0.15, -0.1) is 0 Å². The molecule has 0 aliphatic carbocycles. The van der Waals surface area contributed by atoms with Crippen LogP contribution in [0.25, 0.3) is 5.76 Å².